The summed E-state index contributed by atoms with van der Waals surface area (Å²) in [7, 11) is 3.69. The standard InChI is InChI=1S/C23H31N5O3/c1-25-10-8-24-20(25)14-26-12-16-11-17(13-26)22(28-19(16)6-3-7-21(28)29)23(30)27-9-4-5-18(27)15-31-2/h3,6-8,10,16-18,22H,4-5,9,11-15H2,1-2H3/t16-,17+,18-,22+/m0/s1. The van der Waals surface area contributed by atoms with Gasteiger partial charge in [-0.1, -0.05) is 6.07 Å². The van der Waals surface area contributed by atoms with Crippen LogP contribution < -0.4 is 5.56 Å². The van der Waals surface area contributed by atoms with Gasteiger partial charge in [0.15, 0.2) is 0 Å². The quantitative estimate of drug-likeness (QED) is 0.724. The molecule has 2 aromatic heterocycles. The highest BCUT2D eigenvalue weighted by Gasteiger charge is 2.46. The Bertz CT molecular complexity index is 1010. The van der Waals surface area contributed by atoms with E-state index in [-0.39, 0.29) is 29.3 Å². The van der Waals surface area contributed by atoms with Crippen LogP contribution in [0, 0.1) is 5.92 Å². The average Bonchev–Trinajstić information content (AvgIpc) is 3.38. The van der Waals surface area contributed by atoms with E-state index in [4.69, 9.17) is 4.74 Å². The molecule has 31 heavy (non-hydrogen) atoms. The van der Waals surface area contributed by atoms with Crippen molar-refractivity contribution in [3.8, 4) is 0 Å². The Morgan fingerprint density at radius 2 is 2.16 bits per heavy atom. The Labute approximate surface area is 182 Å². The molecule has 0 N–H and O–H groups in total. The summed E-state index contributed by atoms with van der Waals surface area (Å²) in [5, 5.41) is 0. The summed E-state index contributed by atoms with van der Waals surface area (Å²) in [4.78, 5) is 35.7. The van der Waals surface area contributed by atoms with Gasteiger partial charge in [-0.3, -0.25) is 19.1 Å². The number of methoxy groups -OCH3 is 1. The zero-order valence-electron chi connectivity index (χ0n) is 18.3. The fourth-order valence-electron chi connectivity index (χ4n) is 5.88. The first-order chi connectivity index (χ1) is 15.1. The number of likely N-dealkylation sites (tertiary alicyclic amines) is 2. The summed E-state index contributed by atoms with van der Waals surface area (Å²) in [5.74, 6) is 1.47. The Kier molecular flexibility index (Phi) is 5.44. The van der Waals surface area contributed by atoms with Crippen LogP contribution in [0.3, 0.4) is 0 Å². The van der Waals surface area contributed by atoms with Gasteiger partial charge in [-0.25, -0.2) is 4.98 Å². The molecule has 2 bridgehead atoms. The second kappa shape index (κ2) is 8.24. The van der Waals surface area contributed by atoms with Crippen LogP contribution in [0.2, 0.25) is 0 Å². The lowest BCUT2D eigenvalue weighted by Crippen LogP contribution is -2.54. The van der Waals surface area contributed by atoms with Gasteiger partial charge in [-0.2, -0.15) is 0 Å². The molecule has 0 radical (unpaired) electrons. The molecule has 5 rings (SSSR count). The molecule has 2 fully saturated rings. The summed E-state index contributed by atoms with van der Waals surface area (Å²) in [6.07, 6.45) is 6.68. The molecule has 2 saturated heterocycles. The first-order valence-corrected chi connectivity index (χ1v) is 11.3. The second-order valence-electron chi connectivity index (χ2n) is 9.23. The molecular weight excluding hydrogens is 394 g/mol. The number of imidazole rings is 1. The highest BCUT2D eigenvalue weighted by Crippen LogP contribution is 2.42. The van der Waals surface area contributed by atoms with Crippen LogP contribution in [-0.2, 0) is 23.1 Å². The minimum atomic E-state index is -0.443. The second-order valence-corrected chi connectivity index (χ2v) is 9.23. The monoisotopic (exact) mass is 425 g/mol. The number of hydrogen-bond acceptors (Lipinski definition) is 5. The fraction of sp³-hybridized carbons (Fsp3) is 0.609. The third-order valence-corrected chi connectivity index (χ3v) is 7.28. The SMILES string of the molecule is COC[C@@H]1CCCN1C(=O)[C@H]1[C@@H]2C[C@@H](CN(Cc3nccn3C)C2)c2cccc(=O)n21. The molecular formula is C23H31N5O3. The minimum absolute atomic E-state index is 0.0643. The predicted octanol–water partition coefficient (Wildman–Crippen LogP) is 1.38. The number of nitrogens with zero attached hydrogens (tertiary/aromatic N) is 5. The van der Waals surface area contributed by atoms with Crippen molar-refractivity contribution >= 4 is 5.91 Å². The Morgan fingerprint density at radius 3 is 2.94 bits per heavy atom. The van der Waals surface area contributed by atoms with Crippen molar-refractivity contribution in [1.29, 1.82) is 0 Å². The summed E-state index contributed by atoms with van der Waals surface area (Å²) in [5.41, 5.74) is 0.930. The number of pyridine rings is 1. The Balaban J connectivity index is 1.48. The lowest BCUT2D eigenvalue weighted by Gasteiger charge is -2.47. The predicted molar refractivity (Wildman–Crippen MR) is 116 cm³/mol. The van der Waals surface area contributed by atoms with Crippen molar-refractivity contribution in [2.45, 2.75) is 43.8 Å². The van der Waals surface area contributed by atoms with Crippen molar-refractivity contribution in [3.05, 3.63) is 52.5 Å². The van der Waals surface area contributed by atoms with Gasteiger partial charge < -0.3 is 14.2 Å². The number of carbonyl (C=O) groups is 1. The Morgan fingerprint density at radius 1 is 1.29 bits per heavy atom. The number of aromatic nitrogens is 3. The number of rotatable bonds is 5. The van der Waals surface area contributed by atoms with Crippen LogP contribution in [0.15, 0.2) is 35.4 Å². The van der Waals surface area contributed by atoms with Crippen molar-refractivity contribution in [2.24, 2.45) is 13.0 Å². The van der Waals surface area contributed by atoms with E-state index in [2.05, 4.69) is 9.88 Å². The topological polar surface area (TPSA) is 72.6 Å². The molecule has 4 atom stereocenters. The van der Waals surface area contributed by atoms with Gasteiger partial charge in [0.1, 0.15) is 11.9 Å². The van der Waals surface area contributed by atoms with Gasteiger partial charge >= 0.3 is 0 Å². The smallest absolute Gasteiger partial charge is 0.251 e. The van der Waals surface area contributed by atoms with Crippen LogP contribution in [0.4, 0.5) is 0 Å². The molecule has 8 heteroatoms. The number of ether oxygens (including phenoxy) is 1. The number of amides is 1. The molecule has 0 saturated carbocycles. The molecule has 8 nitrogen and oxygen atoms in total. The number of piperidine rings is 1. The van der Waals surface area contributed by atoms with E-state index in [1.807, 2.05) is 45.6 Å². The highest BCUT2D eigenvalue weighted by molar-refractivity contribution is 5.82. The normalized spacial score (nSPS) is 28.0. The van der Waals surface area contributed by atoms with Crippen LogP contribution in [0.1, 0.15) is 42.7 Å². The number of carbonyl (C=O) groups excluding carboxylic acids is 1. The zero-order chi connectivity index (χ0) is 21.5. The van der Waals surface area contributed by atoms with Gasteiger partial charge in [0, 0.05) is 69.8 Å². The lowest BCUT2D eigenvalue weighted by atomic mass is 9.78. The third-order valence-electron chi connectivity index (χ3n) is 7.28. The van der Waals surface area contributed by atoms with Gasteiger partial charge in [0.2, 0.25) is 5.91 Å². The van der Waals surface area contributed by atoms with Crippen molar-refractivity contribution < 1.29 is 9.53 Å². The largest absolute Gasteiger partial charge is 0.383 e. The number of fused-ring (bicyclic) bond motifs is 4. The highest BCUT2D eigenvalue weighted by atomic mass is 16.5. The molecule has 1 amide bonds. The van der Waals surface area contributed by atoms with Crippen LogP contribution in [0.25, 0.3) is 0 Å². The van der Waals surface area contributed by atoms with E-state index >= 15 is 0 Å². The van der Waals surface area contributed by atoms with E-state index in [1.54, 1.807) is 13.2 Å². The van der Waals surface area contributed by atoms with Crippen LogP contribution in [-0.4, -0.2) is 69.2 Å². The summed E-state index contributed by atoms with van der Waals surface area (Å²) >= 11 is 0. The van der Waals surface area contributed by atoms with Crippen molar-refractivity contribution in [1.82, 2.24) is 23.9 Å². The summed E-state index contributed by atoms with van der Waals surface area (Å²) in [6, 6.07) is 5.11. The number of aryl methyl sites for hydroxylation is 1. The van der Waals surface area contributed by atoms with E-state index < -0.39 is 6.04 Å². The molecule has 2 aromatic rings. The van der Waals surface area contributed by atoms with Gasteiger partial charge in [-0.05, 0) is 25.3 Å². The fourth-order valence-corrected chi connectivity index (χ4v) is 5.88. The van der Waals surface area contributed by atoms with Gasteiger partial charge in [0.25, 0.3) is 5.56 Å². The van der Waals surface area contributed by atoms with E-state index in [9.17, 15) is 9.59 Å². The molecule has 5 heterocycles. The third kappa shape index (κ3) is 3.61. The van der Waals surface area contributed by atoms with Crippen LogP contribution >= 0.6 is 0 Å². The molecule has 0 aromatic carbocycles. The molecule has 0 spiro atoms. The minimum Gasteiger partial charge on any atom is -0.383 e. The average molecular weight is 426 g/mol. The maximum atomic E-state index is 13.9. The molecule has 166 valence electrons. The van der Waals surface area contributed by atoms with Crippen molar-refractivity contribution in [3.63, 3.8) is 0 Å². The maximum Gasteiger partial charge on any atom is 0.251 e. The van der Waals surface area contributed by atoms with E-state index in [0.717, 1.165) is 57.0 Å². The summed E-state index contributed by atoms with van der Waals surface area (Å²) < 4.78 is 9.23. The van der Waals surface area contributed by atoms with Gasteiger partial charge in [0.05, 0.1) is 19.2 Å². The first kappa shape index (κ1) is 20.5. The number of hydrogen-bond donors (Lipinski definition) is 0. The zero-order valence-corrected chi connectivity index (χ0v) is 18.3. The maximum absolute atomic E-state index is 13.9. The van der Waals surface area contributed by atoms with E-state index in [0.29, 0.717) is 6.61 Å². The summed E-state index contributed by atoms with van der Waals surface area (Å²) in [6.45, 7) is 3.72. The lowest BCUT2D eigenvalue weighted by molar-refractivity contribution is -0.140. The molecule has 0 aliphatic carbocycles. The Hall–Kier alpha value is -2.45. The first-order valence-electron chi connectivity index (χ1n) is 11.3. The molecule has 3 aliphatic heterocycles. The van der Waals surface area contributed by atoms with Gasteiger partial charge in [-0.15, -0.1) is 0 Å². The molecule has 0 unspecified atom stereocenters. The van der Waals surface area contributed by atoms with Crippen LogP contribution in [0.5, 0.6) is 0 Å². The molecule has 3 aliphatic rings. The van der Waals surface area contributed by atoms with E-state index in [1.165, 1.54) is 0 Å². The van der Waals surface area contributed by atoms with Crippen molar-refractivity contribution in [2.75, 3.05) is 33.4 Å².